The van der Waals surface area contributed by atoms with Crippen LogP contribution in [0, 0.1) is 0 Å². The van der Waals surface area contributed by atoms with Crippen LogP contribution in [0.5, 0.6) is 11.5 Å². The van der Waals surface area contributed by atoms with Gasteiger partial charge in [0.05, 0.1) is 5.54 Å². The summed E-state index contributed by atoms with van der Waals surface area (Å²) < 4.78 is 11.0. The van der Waals surface area contributed by atoms with Crippen molar-refractivity contribution in [3.63, 3.8) is 0 Å². The quantitative estimate of drug-likeness (QED) is 0.805. The summed E-state index contributed by atoms with van der Waals surface area (Å²) >= 11 is 1.64. The minimum atomic E-state index is -0.986. The standard InChI is InChI=1S/C14H20N2O3S/c1-9(8-14(2,16)13(15)17)20-10-3-4-11-12(7-10)19-6-5-18-11/h3-4,7,9H,5-6,8,16H2,1-2H3,(H2,15,17). The molecule has 5 nitrogen and oxygen atoms in total. The summed E-state index contributed by atoms with van der Waals surface area (Å²) in [5.41, 5.74) is 10.2. The fraction of sp³-hybridized carbons (Fsp3) is 0.500. The summed E-state index contributed by atoms with van der Waals surface area (Å²) in [6, 6.07) is 5.83. The van der Waals surface area contributed by atoms with Gasteiger partial charge in [-0.1, -0.05) is 6.92 Å². The minimum absolute atomic E-state index is 0.167. The number of ether oxygens (including phenoxy) is 2. The van der Waals surface area contributed by atoms with Crippen LogP contribution < -0.4 is 20.9 Å². The maximum Gasteiger partial charge on any atom is 0.237 e. The smallest absolute Gasteiger partial charge is 0.237 e. The second-order valence-electron chi connectivity index (χ2n) is 5.22. The minimum Gasteiger partial charge on any atom is -0.486 e. The van der Waals surface area contributed by atoms with Crippen molar-refractivity contribution in [1.29, 1.82) is 0 Å². The molecule has 1 aliphatic heterocycles. The van der Waals surface area contributed by atoms with Crippen molar-refractivity contribution in [2.75, 3.05) is 13.2 Å². The molecule has 4 N–H and O–H groups in total. The molecule has 6 heteroatoms. The maximum absolute atomic E-state index is 11.3. The van der Waals surface area contributed by atoms with Gasteiger partial charge in [-0.2, -0.15) is 0 Å². The molecule has 2 atom stereocenters. The monoisotopic (exact) mass is 296 g/mol. The molecule has 110 valence electrons. The molecule has 0 aliphatic carbocycles. The first-order valence-electron chi connectivity index (χ1n) is 6.53. The van der Waals surface area contributed by atoms with Gasteiger partial charge in [-0.3, -0.25) is 4.79 Å². The molecule has 0 spiro atoms. The van der Waals surface area contributed by atoms with Gasteiger partial charge < -0.3 is 20.9 Å². The van der Waals surface area contributed by atoms with Gasteiger partial charge in [-0.25, -0.2) is 0 Å². The van der Waals surface area contributed by atoms with E-state index in [-0.39, 0.29) is 5.25 Å². The zero-order valence-corrected chi connectivity index (χ0v) is 12.5. The van der Waals surface area contributed by atoms with E-state index < -0.39 is 11.4 Å². The van der Waals surface area contributed by atoms with Crippen LogP contribution in [0.1, 0.15) is 20.3 Å². The van der Waals surface area contributed by atoms with Gasteiger partial charge in [0.25, 0.3) is 0 Å². The third-order valence-corrected chi connectivity index (χ3v) is 4.22. The number of hydrogen-bond donors (Lipinski definition) is 2. The van der Waals surface area contributed by atoms with E-state index in [2.05, 4.69) is 0 Å². The highest BCUT2D eigenvalue weighted by molar-refractivity contribution is 8.00. The lowest BCUT2D eigenvalue weighted by molar-refractivity contribution is -0.122. The first-order chi connectivity index (χ1) is 9.38. The van der Waals surface area contributed by atoms with Crippen LogP contribution in [0.15, 0.2) is 23.1 Å². The number of rotatable bonds is 5. The van der Waals surface area contributed by atoms with Crippen LogP contribution >= 0.6 is 11.8 Å². The van der Waals surface area contributed by atoms with Crippen molar-refractivity contribution in [2.45, 2.75) is 36.0 Å². The fourth-order valence-corrected chi connectivity index (χ4v) is 3.28. The molecule has 0 fully saturated rings. The Kier molecular flexibility index (Phi) is 4.45. The van der Waals surface area contributed by atoms with Gasteiger partial charge in [-0.05, 0) is 31.5 Å². The van der Waals surface area contributed by atoms with Gasteiger partial charge in [0.1, 0.15) is 13.2 Å². The van der Waals surface area contributed by atoms with Crippen molar-refractivity contribution in [3.8, 4) is 11.5 Å². The molecule has 0 saturated heterocycles. The third kappa shape index (κ3) is 3.58. The average molecular weight is 296 g/mol. The Morgan fingerprint density at radius 2 is 2.05 bits per heavy atom. The van der Waals surface area contributed by atoms with Gasteiger partial charge in [0, 0.05) is 10.1 Å². The predicted molar refractivity (Wildman–Crippen MR) is 79.2 cm³/mol. The molecule has 2 unspecified atom stereocenters. The molecule has 1 aromatic rings. The maximum atomic E-state index is 11.3. The van der Waals surface area contributed by atoms with Crippen LogP contribution in [-0.2, 0) is 4.79 Å². The van der Waals surface area contributed by atoms with Gasteiger partial charge in [0.15, 0.2) is 11.5 Å². The van der Waals surface area contributed by atoms with Crippen LogP contribution in [0.3, 0.4) is 0 Å². The van der Waals surface area contributed by atoms with E-state index in [0.717, 1.165) is 16.4 Å². The second-order valence-corrected chi connectivity index (χ2v) is 6.73. The van der Waals surface area contributed by atoms with E-state index in [1.807, 2.05) is 25.1 Å². The molecular formula is C14H20N2O3S. The lowest BCUT2D eigenvalue weighted by Gasteiger charge is -2.24. The number of carbonyl (C=O) groups excluding carboxylic acids is 1. The number of thioether (sulfide) groups is 1. The van der Waals surface area contributed by atoms with Gasteiger partial charge in [0.2, 0.25) is 5.91 Å². The van der Waals surface area contributed by atoms with E-state index in [9.17, 15) is 4.79 Å². The van der Waals surface area contributed by atoms with Crippen molar-refractivity contribution in [3.05, 3.63) is 18.2 Å². The molecule has 0 aromatic heterocycles. The largest absolute Gasteiger partial charge is 0.486 e. The molecule has 1 amide bonds. The summed E-state index contributed by atoms with van der Waals surface area (Å²) in [6.45, 7) is 4.84. The third-order valence-electron chi connectivity index (χ3n) is 3.13. The predicted octanol–water partition coefficient (Wildman–Crippen LogP) is 1.53. The SMILES string of the molecule is CC(CC(C)(N)C(N)=O)Sc1ccc2c(c1)OCCO2. The van der Waals surface area contributed by atoms with Crippen LogP contribution in [0.2, 0.25) is 0 Å². The highest BCUT2D eigenvalue weighted by Crippen LogP contribution is 2.36. The molecule has 20 heavy (non-hydrogen) atoms. The van der Waals surface area contributed by atoms with Gasteiger partial charge in [-0.15, -0.1) is 11.8 Å². The normalized spacial score (nSPS) is 18.1. The Morgan fingerprint density at radius 1 is 1.40 bits per heavy atom. The molecule has 1 aromatic carbocycles. The lowest BCUT2D eigenvalue weighted by atomic mass is 9.97. The highest BCUT2D eigenvalue weighted by atomic mass is 32.2. The Morgan fingerprint density at radius 3 is 2.70 bits per heavy atom. The van der Waals surface area contributed by atoms with E-state index in [0.29, 0.717) is 19.6 Å². The van der Waals surface area contributed by atoms with Gasteiger partial charge >= 0.3 is 0 Å². The summed E-state index contributed by atoms with van der Waals surface area (Å²) in [4.78, 5) is 12.3. The summed E-state index contributed by atoms with van der Waals surface area (Å²) in [6.07, 6.45) is 0.515. The number of primary amides is 1. The van der Waals surface area contributed by atoms with Crippen molar-refractivity contribution >= 4 is 17.7 Å². The van der Waals surface area contributed by atoms with Crippen LogP contribution in [0.4, 0.5) is 0 Å². The zero-order chi connectivity index (χ0) is 14.8. The highest BCUT2D eigenvalue weighted by Gasteiger charge is 2.28. The Hall–Kier alpha value is -1.40. The van der Waals surface area contributed by atoms with E-state index in [1.165, 1.54) is 0 Å². The fourth-order valence-electron chi connectivity index (χ4n) is 2.07. The molecule has 2 rings (SSSR count). The van der Waals surface area contributed by atoms with Crippen LogP contribution in [0.25, 0.3) is 0 Å². The first kappa shape index (κ1) is 15.0. The van der Waals surface area contributed by atoms with Crippen molar-refractivity contribution in [1.82, 2.24) is 0 Å². The number of benzene rings is 1. The average Bonchev–Trinajstić information content (AvgIpc) is 2.37. The summed E-state index contributed by atoms with van der Waals surface area (Å²) in [5.74, 6) is 1.06. The molecule has 1 aliphatic rings. The Labute approximate surface area is 123 Å². The number of fused-ring (bicyclic) bond motifs is 1. The topological polar surface area (TPSA) is 87.6 Å². The lowest BCUT2D eigenvalue weighted by Crippen LogP contribution is -2.50. The van der Waals surface area contributed by atoms with E-state index >= 15 is 0 Å². The number of carbonyl (C=O) groups is 1. The molecule has 1 heterocycles. The molecule has 0 radical (unpaired) electrons. The van der Waals surface area contributed by atoms with Crippen molar-refractivity contribution < 1.29 is 14.3 Å². The summed E-state index contributed by atoms with van der Waals surface area (Å²) in [7, 11) is 0. The first-order valence-corrected chi connectivity index (χ1v) is 7.41. The van der Waals surface area contributed by atoms with Crippen LogP contribution in [-0.4, -0.2) is 29.9 Å². The van der Waals surface area contributed by atoms with Crippen molar-refractivity contribution in [2.24, 2.45) is 11.5 Å². The number of hydrogen-bond acceptors (Lipinski definition) is 5. The second kappa shape index (κ2) is 5.93. The summed E-state index contributed by atoms with van der Waals surface area (Å²) in [5, 5.41) is 0.167. The number of amides is 1. The molecule has 0 saturated carbocycles. The molecule has 0 bridgehead atoms. The molecular weight excluding hydrogens is 276 g/mol. The zero-order valence-electron chi connectivity index (χ0n) is 11.7. The Balaban J connectivity index is 2.01. The van der Waals surface area contributed by atoms with E-state index in [1.54, 1.807) is 18.7 Å². The van der Waals surface area contributed by atoms with E-state index in [4.69, 9.17) is 20.9 Å². The number of nitrogens with two attached hydrogens (primary N) is 2. The Bertz CT molecular complexity index is 505.